The second kappa shape index (κ2) is 9.73. The van der Waals surface area contributed by atoms with Gasteiger partial charge in [-0.15, -0.1) is 35.3 Å². The van der Waals surface area contributed by atoms with Crippen molar-refractivity contribution in [3.8, 4) is 11.5 Å². The van der Waals surface area contributed by atoms with E-state index in [1.54, 1.807) is 11.3 Å². The Morgan fingerprint density at radius 1 is 1.21 bits per heavy atom. The van der Waals surface area contributed by atoms with Gasteiger partial charge in [0.1, 0.15) is 0 Å². The summed E-state index contributed by atoms with van der Waals surface area (Å²) >= 11 is 1.71. The number of hydrogen-bond acceptors (Lipinski definition) is 4. The van der Waals surface area contributed by atoms with Crippen LogP contribution in [-0.4, -0.2) is 25.7 Å². The summed E-state index contributed by atoms with van der Waals surface area (Å²) in [6, 6.07) is 10.0. The third-order valence-corrected chi connectivity index (χ3v) is 4.19. The van der Waals surface area contributed by atoms with Gasteiger partial charge >= 0.3 is 0 Å². The molecule has 2 N–H and O–H groups in total. The van der Waals surface area contributed by atoms with E-state index >= 15 is 0 Å². The monoisotopic (exact) mass is 459 g/mol. The van der Waals surface area contributed by atoms with Gasteiger partial charge in [-0.2, -0.15) is 0 Å². The Morgan fingerprint density at radius 3 is 2.79 bits per heavy atom. The predicted molar refractivity (Wildman–Crippen MR) is 110 cm³/mol. The number of anilines is 1. The van der Waals surface area contributed by atoms with E-state index in [4.69, 9.17) is 9.47 Å². The Bertz CT molecular complexity index is 662. The van der Waals surface area contributed by atoms with Gasteiger partial charge in [-0.3, -0.25) is 0 Å². The summed E-state index contributed by atoms with van der Waals surface area (Å²) in [7, 11) is 0. The minimum atomic E-state index is 0. The molecular formula is C17H22IN3O2S. The highest BCUT2D eigenvalue weighted by atomic mass is 127. The number of rotatable bonds is 4. The lowest BCUT2D eigenvalue weighted by atomic mass is 10.3. The number of nitrogens with zero attached hydrogens (tertiary/aromatic N) is 1. The third kappa shape index (κ3) is 5.27. The first-order chi connectivity index (χ1) is 11.3. The van der Waals surface area contributed by atoms with Crippen molar-refractivity contribution in [3.05, 3.63) is 40.6 Å². The minimum absolute atomic E-state index is 0. The maximum Gasteiger partial charge on any atom is 0.196 e. The van der Waals surface area contributed by atoms with E-state index in [0.29, 0.717) is 19.8 Å². The van der Waals surface area contributed by atoms with Crippen molar-refractivity contribution in [2.75, 3.05) is 25.1 Å². The molecule has 2 heterocycles. The van der Waals surface area contributed by atoms with Crippen LogP contribution in [0.5, 0.6) is 11.5 Å². The topological polar surface area (TPSA) is 54.9 Å². The van der Waals surface area contributed by atoms with E-state index in [1.807, 2.05) is 24.3 Å². The molecule has 1 aliphatic heterocycles. The quantitative estimate of drug-likeness (QED) is 0.411. The SMILES string of the molecule is CCNC(=NCc1cccs1)Nc1ccc2c(c1)OCCCO2.I. The zero-order chi connectivity index (χ0) is 15.9. The lowest BCUT2D eigenvalue weighted by Gasteiger charge is -2.13. The summed E-state index contributed by atoms with van der Waals surface area (Å²) in [5.41, 5.74) is 0.931. The van der Waals surface area contributed by atoms with E-state index in [9.17, 15) is 0 Å². The summed E-state index contributed by atoms with van der Waals surface area (Å²) in [6.45, 7) is 4.91. The first-order valence-electron chi connectivity index (χ1n) is 7.82. The van der Waals surface area contributed by atoms with Crippen LogP contribution in [0.25, 0.3) is 0 Å². The highest BCUT2D eigenvalue weighted by Gasteiger charge is 2.11. The van der Waals surface area contributed by atoms with E-state index in [0.717, 1.165) is 36.1 Å². The predicted octanol–water partition coefficient (Wildman–Crippen LogP) is 4.11. The molecule has 0 radical (unpaired) electrons. The maximum atomic E-state index is 5.73. The van der Waals surface area contributed by atoms with Crippen molar-refractivity contribution in [2.24, 2.45) is 4.99 Å². The fraction of sp³-hybridized carbons (Fsp3) is 0.353. The largest absolute Gasteiger partial charge is 0.490 e. The van der Waals surface area contributed by atoms with Crippen LogP contribution in [0.4, 0.5) is 5.69 Å². The first-order valence-corrected chi connectivity index (χ1v) is 8.70. The van der Waals surface area contributed by atoms with Crippen LogP contribution in [0.3, 0.4) is 0 Å². The number of benzene rings is 1. The van der Waals surface area contributed by atoms with Gasteiger partial charge in [0.05, 0.1) is 19.8 Å². The highest BCUT2D eigenvalue weighted by molar-refractivity contribution is 14.0. The molecule has 0 bridgehead atoms. The van der Waals surface area contributed by atoms with E-state index in [2.05, 4.69) is 34.0 Å². The molecule has 1 aliphatic rings. The van der Waals surface area contributed by atoms with Crippen LogP contribution in [-0.2, 0) is 6.54 Å². The van der Waals surface area contributed by atoms with Gasteiger partial charge in [-0.25, -0.2) is 4.99 Å². The Labute approximate surface area is 163 Å². The van der Waals surface area contributed by atoms with Crippen molar-refractivity contribution in [3.63, 3.8) is 0 Å². The average molecular weight is 459 g/mol. The van der Waals surface area contributed by atoms with Gasteiger partial charge < -0.3 is 20.1 Å². The number of halogens is 1. The Morgan fingerprint density at radius 2 is 2.04 bits per heavy atom. The van der Waals surface area contributed by atoms with Crippen molar-refractivity contribution in [1.29, 1.82) is 0 Å². The molecule has 0 atom stereocenters. The Hall–Kier alpha value is -1.48. The fourth-order valence-electron chi connectivity index (χ4n) is 2.24. The molecule has 1 aromatic carbocycles. The molecule has 0 saturated carbocycles. The minimum Gasteiger partial charge on any atom is -0.490 e. The summed E-state index contributed by atoms with van der Waals surface area (Å²) in [4.78, 5) is 5.85. The number of thiophene rings is 1. The van der Waals surface area contributed by atoms with Gasteiger partial charge in [0.15, 0.2) is 17.5 Å². The number of nitrogens with one attached hydrogen (secondary N) is 2. The fourth-order valence-corrected chi connectivity index (χ4v) is 2.87. The number of aliphatic imine (C=N–C) groups is 1. The van der Waals surface area contributed by atoms with Gasteiger partial charge in [0.25, 0.3) is 0 Å². The zero-order valence-corrected chi connectivity index (χ0v) is 16.7. The third-order valence-electron chi connectivity index (χ3n) is 3.33. The summed E-state index contributed by atoms with van der Waals surface area (Å²) in [5, 5.41) is 8.64. The van der Waals surface area contributed by atoms with Crippen LogP contribution in [0.1, 0.15) is 18.2 Å². The first kappa shape index (κ1) is 18.9. The number of fused-ring (bicyclic) bond motifs is 1. The molecule has 0 fully saturated rings. The number of guanidine groups is 1. The standard InChI is InChI=1S/C17H21N3O2S.HI/c1-2-18-17(19-12-14-5-3-10-23-14)20-13-6-7-15-16(11-13)22-9-4-8-21-15;/h3,5-7,10-11H,2,4,8-9,12H2,1H3,(H2,18,19,20);1H. The molecule has 5 nitrogen and oxygen atoms in total. The van der Waals surface area contributed by atoms with Crippen LogP contribution >= 0.6 is 35.3 Å². The Kier molecular flexibility index (Phi) is 7.64. The lowest BCUT2D eigenvalue weighted by molar-refractivity contribution is 0.297. The molecular weight excluding hydrogens is 437 g/mol. The molecule has 0 unspecified atom stereocenters. The summed E-state index contributed by atoms with van der Waals surface area (Å²) in [5.74, 6) is 2.34. The van der Waals surface area contributed by atoms with Crippen LogP contribution < -0.4 is 20.1 Å². The Balaban J connectivity index is 0.00000208. The van der Waals surface area contributed by atoms with Crippen LogP contribution in [0, 0.1) is 0 Å². The van der Waals surface area contributed by atoms with E-state index < -0.39 is 0 Å². The van der Waals surface area contributed by atoms with Crippen molar-refractivity contribution >= 4 is 47.0 Å². The molecule has 0 amide bonds. The molecule has 24 heavy (non-hydrogen) atoms. The van der Waals surface area contributed by atoms with Gasteiger partial charge in [-0.05, 0) is 30.5 Å². The molecule has 0 spiro atoms. The smallest absolute Gasteiger partial charge is 0.196 e. The highest BCUT2D eigenvalue weighted by Crippen LogP contribution is 2.32. The number of ether oxygens (including phenoxy) is 2. The van der Waals surface area contributed by atoms with Crippen LogP contribution in [0.2, 0.25) is 0 Å². The van der Waals surface area contributed by atoms with Gasteiger partial charge in [0, 0.05) is 29.6 Å². The molecule has 7 heteroatoms. The number of hydrogen-bond donors (Lipinski definition) is 2. The van der Waals surface area contributed by atoms with Crippen molar-refractivity contribution in [2.45, 2.75) is 19.9 Å². The van der Waals surface area contributed by atoms with Crippen molar-refractivity contribution < 1.29 is 9.47 Å². The summed E-state index contributed by atoms with van der Waals surface area (Å²) in [6.07, 6.45) is 0.905. The maximum absolute atomic E-state index is 5.73. The molecule has 0 saturated heterocycles. The lowest BCUT2D eigenvalue weighted by Crippen LogP contribution is -2.30. The second-order valence-electron chi connectivity index (χ2n) is 5.11. The normalized spacial score (nSPS) is 13.6. The molecule has 2 aromatic rings. The van der Waals surface area contributed by atoms with E-state index in [1.165, 1.54) is 4.88 Å². The molecule has 3 rings (SSSR count). The molecule has 1 aromatic heterocycles. The average Bonchev–Trinajstić information content (AvgIpc) is 2.97. The van der Waals surface area contributed by atoms with Gasteiger partial charge in [0.2, 0.25) is 0 Å². The summed E-state index contributed by atoms with van der Waals surface area (Å²) < 4.78 is 11.4. The van der Waals surface area contributed by atoms with Crippen LogP contribution in [0.15, 0.2) is 40.7 Å². The molecule has 0 aliphatic carbocycles. The van der Waals surface area contributed by atoms with Gasteiger partial charge in [-0.1, -0.05) is 6.07 Å². The van der Waals surface area contributed by atoms with E-state index in [-0.39, 0.29) is 24.0 Å². The zero-order valence-electron chi connectivity index (χ0n) is 13.6. The second-order valence-corrected chi connectivity index (χ2v) is 6.14. The molecule has 130 valence electrons. The van der Waals surface area contributed by atoms with Crippen molar-refractivity contribution in [1.82, 2.24) is 5.32 Å².